The SMILES string of the molecule is Nc1ncc(-c2ccc(C(=O)O)cc2)nc1C(=O)Nc1ccccc1.[HH].[HH].[HH]. The van der Waals surface area contributed by atoms with Gasteiger partial charge in [0.1, 0.15) is 0 Å². The van der Waals surface area contributed by atoms with Crippen LogP contribution >= 0.6 is 0 Å². The summed E-state index contributed by atoms with van der Waals surface area (Å²) in [4.78, 5) is 31.6. The predicted octanol–water partition coefficient (Wildman–Crippen LogP) is 3.41. The number of rotatable bonds is 4. The number of carbonyl (C=O) groups is 2. The lowest BCUT2D eigenvalue weighted by molar-refractivity contribution is 0.0696. The molecule has 0 saturated carbocycles. The fraction of sp³-hybridized carbons (Fsp3) is 0. The maximum atomic E-state index is 12.4. The Balaban J connectivity index is 0.00000243. The van der Waals surface area contributed by atoms with E-state index < -0.39 is 11.9 Å². The third kappa shape index (κ3) is 3.61. The van der Waals surface area contributed by atoms with Gasteiger partial charge in [-0.25, -0.2) is 14.8 Å². The summed E-state index contributed by atoms with van der Waals surface area (Å²) in [6, 6.07) is 15.0. The molecule has 130 valence electrons. The van der Waals surface area contributed by atoms with Crippen molar-refractivity contribution >= 4 is 23.4 Å². The highest BCUT2D eigenvalue weighted by Gasteiger charge is 2.15. The number of carboxylic acid groups (broad SMARTS) is 1. The molecule has 0 unspecified atom stereocenters. The second kappa shape index (κ2) is 6.79. The average Bonchev–Trinajstić information content (AvgIpc) is 2.63. The van der Waals surface area contributed by atoms with E-state index in [2.05, 4.69) is 15.3 Å². The predicted molar refractivity (Wildman–Crippen MR) is 99.6 cm³/mol. The molecule has 1 heterocycles. The Morgan fingerprint density at radius 1 is 1.04 bits per heavy atom. The topological polar surface area (TPSA) is 118 Å². The van der Waals surface area contributed by atoms with Gasteiger partial charge in [-0.15, -0.1) is 0 Å². The molecule has 0 aliphatic rings. The van der Waals surface area contributed by atoms with Crippen LogP contribution in [0, 0.1) is 0 Å². The minimum atomic E-state index is -1.02. The lowest BCUT2D eigenvalue weighted by atomic mass is 10.1. The van der Waals surface area contributed by atoms with Crippen LogP contribution in [0.4, 0.5) is 11.5 Å². The van der Waals surface area contributed by atoms with Gasteiger partial charge in [0.05, 0.1) is 17.5 Å². The van der Waals surface area contributed by atoms with Crippen molar-refractivity contribution in [2.24, 2.45) is 0 Å². The van der Waals surface area contributed by atoms with Gasteiger partial charge in [-0.05, 0) is 24.3 Å². The summed E-state index contributed by atoms with van der Waals surface area (Å²) in [6.07, 6.45) is 1.43. The fourth-order valence-corrected chi connectivity index (χ4v) is 2.20. The summed E-state index contributed by atoms with van der Waals surface area (Å²) < 4.78 is 0. The van der Waals surface area contributed by atoms with Crippen LogP contribution in [-0.4, -0.2) is 27.0 Å². The molecule has 0 bridgehead atoms. The molecule has 2 aromatic carbocycles. The molecule has 1 aromatic heterocycles. The largest absolute Gasteiger partial charge is 0.478 e. The molecule has 0 spiro atoms. The van der Waals surface area contributed by atoms with Crippen molar-refractivity contribution in [2.45, 2.75) is 0 Å². The van der Waals surface area contributed by atoms with E-state index in [1.807, 2.05) is 6.07 Å². The van der Waals surface area contributed by atoms with Crippen LogP contribution in [0.15, 0.2) is 60.8 Å². The molecule has 0 aliphatic carbocycles. The van der Waals surface area contributed by atoms with Crippen LogP contribution in [0.25, 0.3) is 11.3 Å². The monoisotopic (exact) mass is 340 g/mol. The standard InChI is InChI=1S/C18H14N4O3.3H2/c19-16-15(17(23)21-13-4-2-1-3-5-13)22-14(10-20-16)11-6-8-12(9-7-11)18(24)25;;;/h1-10H,(H2,19,20)(H,21,23)(H,24,25);3*1H. The Morgan fingerprint density at radius 3 is 2.36 bits per heavy atom. The average molecular weight is 340 g/mol. The van der Waals surface area contributed by atoms with Crippen LogP contribution < -0.4 is 11.1 Å². The van der Waals surface area contributed by atoms with Crippen LogP contribution in [0.5, 0.6) is 0 Å². The summed E-state index contributed by atoms with van der Waals surface area (Å²) in [7, 11) is 0. The minimum absolute atomic E-state index is 0. The first-order chi connectivity index (χ1) is 12.0. The highest BCUT2D eigenvalue weighted by Crippen LogP contribution is 2.20. The third-order valence-electron chi connectivity index (χ3n) is 3.48. The Bertz CT molecular complexity index is 939. The van der Waals surface area contributed by atoms with Gasteiger partial charge in [-0.1, -0.05) is 30.3 Å². The first-order valence-corrected chi connectivity index (χ1v) is 7.37. The molecule has 3 aromatic rings. The number of carboxylic acids is 1. The number of carbonyl (C=O) groups excluding carboxylic acids is 1. The van der Waals surface area contributed by atoms with Crippen LogP contribution in [-0.2, 0) is 0 Å². The Labute approximate surface area is 147 Å². The van der Waals surface area contributed by atoms with E-state index in [9.17, 15) is 9.59 Å². The molecule has 1 amide bonds. The van der Waals surface area contributed by atoms with Crippen LogP contribution in [0.2, 0.25) is 0 Å². The van der Waals surface area contributed by atoms with Gasteiger partial charge in [0, 0.05) is 15.5 Å². The highest BCUT2D eigenvalue weighted by atomic mass is 16.4. The van der Waals surface area contributed by atoms with Crippen LogP contribution in [0.1, 0.15) is 25.1 Å². The van der Waals surface area contributed by atoms with Gasteiger partial charge in [0.15, 0.2) is 11.5 Å². The number of para-hydroxylation sites is 1. The van der Waals surface area contributed by atoms with E-state index in [1.54, 1.807) is 36.4 Å². The molecule has 4 N–H and O–H groups in total. The second-order valence-corrected chi connectivity index (χ2v) is 5.19. The molecule has 3 rings (SSSR count). The Hall–Kier alpha value is -3.74. The number of anilines is 2. The van der Waals surface area contributed by atoms with E-state index >= 15 is 0 Å². The lowest BCUT2D eigenvalue weighted by Gasteiger charge is -2.08. The highest BCUT2D eigenvalue weighted by molar-refractivity contribution is 6.06. The van der Waals surface area contributed by atoms with Gasteiger partial charge >= 0.3 is 5.97 Å². The van der Waals surface area contributed by atoms with E-state index in [0.717, 1.165) is 0 Å². The fourth-order valence-electron chi connectivity index (χ4n) is 2.20. The van der Waals surface area contributed by atoms with Crippen molar-refractivity contribution in [2.75, 3.05) is 11.1 Å². The molecule has 0 aliphatic heterocycles. The van der Waals surface area contributed by atoms with Crippen molar-refractivity contribution in [3.63, 3.8) is 0 Å². The molecule has 0 saturated heterocycles. The molecule has 0 fully saturated rings. The number of aromatic carboxylic acids is 1. The Morgan fingerprint density at radius 2 is 1.72 bits per heavy atom. The summed E-state index contributed by atoms with van der Waals surface area (Å²) in [5.74, 6) is -1.47. The number of hydrogen-bond acceptors (Lipinski definition) is 5. The third-order valence-corrected chi connectivity index (χ3v) is 3.48. The maximum Gasteiger partial charge on any atom is 0.335 e. The summed E-state index contributed by atoms with van der Waals surface area (Å²) in [5.41, 5.74) is 7.61. The number of nitrogens with one attached hydrogen (secondary N) is 1. The van der Waals surface area contributed by atoms with Crippen molar-refractivity contribution in [1.82, 2.24) is 9.97 Å². The minimum Gasteiger partial charge on any atom is -0.478 e. The lowest BCUT2D eigenvalue weighted by Crippen LogP contribution is -2.17. The van der Waals surface area contributed by atoms with Gasteiger partial charge in [0.2, 0.25) is 0 Å². The maximum absolute atomic E-state index is 12.4. The number of amides is 1. The number of aromatic nitrogens is 2. The zero-order valence-corrected chi connectivity index (χ0v) is 13.0. The zero-order valence-electron chi connectivity index (χ0n) is 13.0. The molecule has 0 radical (unpaired) electrons. The number of nitrogens with two attached hydrogens (primary N) is 1. The van der Waals surface area contributed by atoms with E-state index in [4.69, 9.17) is 10.8 Å². The first-order valence-electron chi connectivity index (χ1n) is 7.37. The summed E-state index contributed by atoms with van der Waals surface area (Å²) >= 11 is 0. The summed E-state index contributed by atoms with van der Waals surface area (Å²) in [5, 5.41) is 11.6. The normalized spacial score (nSPS) is 10.2. The number of benzene rings is 2. The van der Waals surface area contributed by atoms with E-state index in [1.165, 1.54) is 18.3 Å². The van der Waals surface area contributed by atoms with E-state index in [-0.39, 0.29) is 21.4 Å². The van der Waals surface area contributed by atoms with E-state index in [0.29, 0.717) is 16.9 Å². The second-order valence-electron chi connectivity index (χ2n) is 5.19. The molecular formula is C18H20N4O3. The molecule has 7 heteroatoms. The molecular weight excluding hydrogens is 320 g/mol. The summed E-state index contributed by atoms with van der Waals surface area (Å²) in [6.45, 7) is 0. The molecule has 25 heavy (non-hydrogen) atoms. The quantitative estimate of drug-likeness (QED) is 0.670. The number of nitrogen functional groups attached to an aromatic ring is 1. The van der Waals surface area contributed by atoms with Gasteiger partial charge in [-0.3, -0.25) is 4.79 Å². The number of hydrogen-bond donors (Lipinski definition) is 3. The van der Waals surface area contributed by atoms with Crippen molar-refractivity contribution in [3.8, 4) is 11.3 Å². The smallest absolute Gasteiger partial charge is 0.335 e. The van der Waals surface area contributed by atoms with Gasteiger partial charge < -0.3 is 16.2 Å². The van der Waals surface area contributed by atoms with Crippen LogP contribution in [0.3, 0.4) is 0 Å². The van der Waals surface area contributed by atoms with Crippen molar-refractivity contribution in [3.05, 3.63) is 72.1 Å². The molecule has 7 nitrogen and oxygen atoms in total. The molecule has 0 atom stereocenters. The van der Waals surface area contributed by atoms with Gasteiger partial charge in [0.25, 0.3) is 5.91 Å². The van der Waals surface area contributed by atoms with Gasteiger partial charge in [-0.2, -0.15) is 0 Å². The first kappa shape index (κ1) is 16.1. The Kier molecular flexibility index (Phi) is 4.38. The number of nitrogens with zero attached hydrogens (tertiary/aromatic N) is 2. The van der Waals surface area contributed by atoms with Crippen molar-refractivity contribution in [1.29, 1.82) is 0 Å². The zero-order chi connectivity index (χ0) is 17.8. The van der Waals surface area contributed by atoms with Crippen molar-refractivity contribution < 1.29 is 19.0 Å².